The fourth-order valence-corrected chi connectivity index (χ4v) is 2.98. The molecule has 0 spiro atoms. The summed E-state index contributed by atoms with van der Waals surface area (Å²) in [6.45, 7) is 2.08. The van der Waals surface area contributed by atoms with Crippen LogP contribution in [-0.4, -0.2) is 24.6 Å². The van der Waals surface area contributed by atoms with Gasteiger partial charge in [0, 0.05) is 16.9 Å². The summed E-state index contributed by atoms with van der Waals surface area (Å²) in [5.41, 5.74) is 2.15. The van der Waals surface area contributed by atoms with E-state index in [2.05, 4.69) is 6.07 Å². The van der Waals surface area contributed by atoms with Crippen LogP contribution in [0.2, 0.25) is 0 Å². The first kappa shape index (κ1) is 17.3. The van der Waals surface area contributed by atoms with Crippen LogP contribution in [0, 0.1) is 0 Å². The highest BCUT2D eigenvalue weighted by atomic mass is 32.2. The van der Waals surface area contributed by atoms with E-state index in [0.717, 1.165) is 0 Å². The quantitative estimate of drug-likeness (QED) is 0.429. The van der Waals surface area contributed by atoms with E-state index in [-0.39, 0.29) is 5.78 Å². The van der Waals surface area contributed by atoms with Gasteiger partial charge in [-0.05, 0) is 43.4 Å². The third-order valence-electron chi connectivity index (χ3n) is 3.51. The number of esters is 1. The van der Waals surface area contributed by atoms with Crippen LogP contribution in [0.25, 0.3) is 0 Å². The maximum Gasteiger partial charge on any atom is 0.338 e. The van der Waals surface area contributed by atoms with Crippen molar-refractivity contribution in [3.8, 4) is 0 Å². The van der Waals surface area contributed by atoms with Crippen LogP contribution in [-0.2, 0) is 11.2 Å². The van der Waals surface area contributed by atoms with Crippen molar-refractivity contribution in [2.45, 2.75) is 24.7 Å². The molecule has 0 heterocycles. The van der Waals surface area contributed by atoms with Crippen molar-refractivity contribution in [2.24, 2.45) is 0 Å². The fraction of sp³-hybridized carbons (Fsp3) is 0.263. The predicted molar refractivity (Wildman–Crippen MR) is 93.3 cm³/mol. The molecule has 0 aliphatic carbocycles. The summed E-state index contributed by atoms with van der Waals surface area (Å²) < 4.78 is 4.97. The van der Waals surface area contributed by atoms with E-state index in [1.807, 2.05) is 24.5 Å². The lowest BCUT2D eigenvalue weighted by Crippen LogP contribution is -2.07. The monoisotopic (exact) mass is 328 g/mol. The van der Waals surface area contributed by atoms with E-state index in [9.17, 15) is 9.59 Å². The van der Waals surface area contributed by atoms with Gasteiger partial charge >= 0.3 is 5.97 Å². The van der Waals surface area contributed by atoms with Gasteiger partial charge in [-0.2, -0.15) is 0 Å². The number of Topliss-reactive ketones (excluding diaryl/α,β-unsaturated/α-hetero) is 1. The molecule has 0 bridgehead atoms. The van der Waals surface area contributed by atoms with Crippen molar-refractivity contribution < 1.29 is 14.3 Å². The first-order chi connectivity index (χ1) is 11.2. The second-order valence-electron chi connectivity index (χ2n) is 5.04. The zero-order valence-electron chi connectivity index (χ0n) is 13.4. The van der Waals surface area contributed by atoms with E-state index < -0.39 is 5.97 Å². The molecule has 0 unspecified atom stereocenters. The molecule has 0 aromatic heterocycles. The highest BCUT2D eigenvalue weighted by Crippen LogP contribution is 2.21. The summed E-state index contributed by atoms with van der Waals surface area (Å²) >= 11 is 1.68. The Balaban J connectivity index is 2.06. The topological polar surface area (TPSA) is 43.4 Å². The summed E-state index contributed by atoms with van der Waals surface area (Å²) in [4.78, 5) is 25.3. The number of hydrogen-bond donors (Lipinski definition) is 0. The molecule has 2 rings (SSSR count). The van der Waals surface area contributed by atoms with Gasteiger partial charge in [-0.3, -0.25) is 4.79 Å². The molecule has 2 aromatic carbocycles. The molecule has 0 fully saturated rings. The number of carbonyl (C=O) groups is 2. The van der Waals surface area contributed by atoms with E-state index in [1.54, 1.807) is 43.0 Å². The maximum absolute atomic E-state index is 12.4. The summed E-state index contributed by atoms with van der Waals surface area (Å²) in [6.07, 6.45) is 3.15. The smallest absolute Gasteiger partial charge is 0.338 e. The summed E-state index contributed by atoms with van der Waals surface area (Å²) in [5.74, 6) is -0.359. The summed E-state index contributed by atoms with van der Waals surface area (Å²) in [7, 11) is 0. The van der Waals surface area contributed by atoms with Crippen molar-refractivity contribution >= 4 is 23.5 Å². The van der Waals surface area contributed by atoms with Crippen LogP contribution in [0.3, 0.4) is 0 Å². The highest BCUT2D eigenvalue weighted by Gasteiger charge is 2.12. The lowest BCUT2D eigenvalue weighted by atomic mass is 10.0. The van der Waals surface area contributed by atoms with Crippen molar-refractivity contribution in [3.63, 3.8) is 0 Å². The third kappa shape index (κ3) is 4.70. The molecule has 120 valence electrons. The van der Waals surface area contributed by atoms with Crippen molar-refractivity contribution in [1.29, 1.82) is 0 Å². The van der Waals surface area contributed by atoms with Gasteiger partial charge in [-0.25, -0.2) is 4.79 Å². The minimum Gasteiger partial charge on any atom is -0.462 e. The number of ketones is 1. The molecule has 3 nitrogen and oxygen atoms in total. The largest absolute Gasteiger partial charge is 0.462 e. The number of ether oxygens (including phenoxy) is 1. The number of hydrogen-bond acceptors (Lipinski definition) is 4. The van der Waals surface area contributed by atoms with Gasteiger partial charge in [0.15, 0.2) is 5.78 Å². The Labute approximate surface area is 141 Å². The molecule has 2 aromatic rings. The predicted octanol–water partition coefficient (Wildman–Crippen LogP) is 4.40. The van der Waals surface area contributed by atoms with E-state index in [4.69, 9.17) is 4.74 Å². The molecular weight excluding hydrogens is 308 g/mol. The van der Waals surface area contributed by atoms with E-state index in [0.29, 0.717) is 30.6 Å². The normalized spacial score (nSPS) is 10.3. The molecule has 0 radical (unpaired) electrons. The first-order valence-electron chi connectivity index (χ1n) is 7.58. The molecule has 0 amide bonds. The Morgan fingerprint density at radius 3 is 2.52 bits per heavy atom. The van der Waals surface area contributed by atoms with Gasteiger partial charge in [0.25, 0.3) is 0 Å². The average molecular weight is 328 g/mol. The molecule has 0 saturated heterocycles. The second-order valence-corrected chi connectivity index (χ2v) is 5.88. The standard InChI is InChI=1S/C19H20O3S/c1-3-22-19(21)16-9-6-8-15(13-16)17(20)12-11-14-7-4-5-10-18(14)23-2/h4-10,13H,3,11-12H2,1-2H3. The molecule has 0 aliphatic heterocycles. The Hall–Kier alpha value is -2.07. The maximum atomic E-state index is 12.4. The number of benzene rings is 2. The molecular formula is C19H20O3S. The SMILES string of the molecule is CCOC(=O)c1cccc(C(=O)CCc2ccccc2SC)c1. The van der Waals surface area contributed by atoms with Crippen LogP contribution in [0.4, 0.5) is 0 Å². The Morgan fingerprint density at radius 1 is 1.04 bits per heavy atom. The minimum atomic E-state index is -0.394. The van der Waals surface area contributed by atoms with Gasteiger partial charge < -0.3 is 4.74 Å². The lowest BCUT2D eigenvalue weighted by Gasteiger charge is -2.07. The number of thioether (sulfide) groups is 1. The van der Waals surface area contributed by atoms with E-state index in [1.165, 1.54) is 10.5 Å². The van der Waals surface area contributed by atoms with Crippen LogP contribution >= 0.6 is 11.8 Å². The minimum absolute atomic E-state index is 0.0343. The summed E-state index contributed by atoms with van der Waals surface area (Å²) in [5, 5.41) is 0. The number of carbonyl (C=O) groups excluding carboxylic acids is 2. The fourth-order valence-electron chi connectivity index (χ4n) is 2.34. The van der Waals surface area contributed by atoms with Gasteiger partial charge in [0.2, 0.25) is 0 Å². The first-order valence-corrected chi connectivity index (χ1v) is 8.80. The van der Waals surface area contributed by atoms with Crippen LogP contribution in [0.15, 0.2) is 53.4 Å². The van der Waals surface area contributed by atoms with E-state index >= 15 is 0 Å². The van der Waals surface area contributed by atoms with Crippen molar-refractivity contribution in [2.75, 3.05) is 12.9 Å². The van der Waals surface area contributed by atoms with Gasteiger partial charge in [0.05, 0.1) is 12.2 Å². The third-order valence-corrected chi connectivity index (χ3v) is 4.35. The zero-order valence-corrected chi connectivity index (χ0v) is 14.2. The molecule has 23 heavy (non-hydrogen) atoms. The lowest BCUT2D eigenvalue weighted by molar-refractivity contribution is 0.0526. The van der Waals surface area contributed by atoms with Gasteiger partial charge in [-0.1, -0.05) is 30.3 Å². The molecule has 0 aliphatic rings. The van der Waals surface area contributed by atoms with Crippen molar-refractivity contribution in [1.82, 2.24) is 0 Å². The summed E-state index contributed by atoms with van der Waals surface area (Å²) in [6, 6.07) is 14.8. The second kappa shape index (κ2) is 8.53. The number of rotatable bonds is 7. The van der Waals surface area contributed by atoms with Crippen LogP contribution in [0.5, 0.6) is 0 Å². The Morgan fingerprint density at radius 2 is 1.78 bits per heavy atom. The Bertz CT molecular complexity index is 695. The highest BCUT2D eigenvalue weighted by molar-refractivity contribution is 7.98. The molecule has 0 atom stereocenters. The van der Waals surface area contributed by atoms with Gasteiger partial charge in [0.1, 0.15) is 0 Å². The Kier molecular flexibility index (Phi) is 6.41. The molecule has 0 N–H and O–H groups in total. The molecule has 0 saturated carbocycles. The van der Waals surface area contributed by atoms with Gasteiger partial charge in [-0.15, -0.1) is 11.8 Å². The van der Waals surface area contributed by atoms with Crippen molar-refractivity contribution in [3.05, 3.63) is 65.2 Å². The zero-order chi connectivity index (χ0) is 16.7. The van der Waals surface area contributed by atoms with Crippen LogP contribution in [0.1, 0.15) is 39.6 Å². The van der Waals surface area contributed by atoms with Crippen LogP contribution < -0.4 is 0 Å². The average Bonchev–Trinajstić information content (AvgIpc) is 2.60. The molecule has 4 heteroatoms. The number of aryl methyl sites for hydroxylation is 1.